The van der Waals surface area contributed by atoms with Crippen LogP contribution in [0, 0.1) is 5.41 Å². The Bertz CT molecular complexity index is 216. The van der Waals surface area contributed by atoms with Crippen LogP contribution in [0.2, 0.25) is 0 Å². The molecule has 88 valence electrons. The fraction of sp³-hybridized carbons (Fsp3) is 0.750. The molecule has 0 spiro atoms. The van der Waals surface area contributed by atoms with Gasteiger partial charge in [0.25, 0.3) is 0 Å². The Morgan fingerprint density at radius 1 is 1.47 bits per heavy atom. The molecule has 1 N–H and O–H groups in total. The minimum absolute atomic E-state index is 0.234. The van der Waals surface area contributed by atoms with Gasteiger partial charge in [0.2, 0.25) is 0 Å². The number of rotatable bonds is 5. The van der Waals surface area contributed by atoms with Gasteiger partial charge in [-0.15, -0.1) is 0 Å². The first kappa shape index (κ1) is 14.2. The first-order valence-electron chi connectivity index (χ1n) is 5.44. The first-order valence-corrected chi connectivity index (χ1v) is 5.44. The zero-order chi connectivity index (χ0) is 11.9. The molecule has 0 aromatic heterocycles. The fourth-order valence-electron chi connectivity index (χ4n) is 0.897. The lowest BCUT2D eigenvalue weighted by molar-refractivity contribution is -0.137. The van der Waals surface area contributed by atoms with E-state index in [1.54, 1.807) is 13.0 Å². The molecular formula is C12H23NO2. The monoisotopic (exact) mass is 213 g/mol. The molecule has 0 rings (SSSR count). The third kappa shape index (κ3) is 7.14. The molecule has 15 heavy (non-hydrogen) atoms. The largest absolute Gasteiger partial charge is 0.463 e. The van der Waals surface area contributed by atoms with Crippen LogP contribution in [0.4, 0.5) is 0 Å². The number of nitrogens with one attached hydrogen (secondary N) is 1. The van der Waals surface area contributed by atoms with Gasteiger partial charge in [0.05, 0.1) is 6.61 Å². The summed E-state index contributed by atoms with van der Waals surface area (Å²) in [6.07, 6.45) is 3.26. The number of ether oxygens (including phenoxy) is 1. The molecule has 3 nitrogen and oxygen atoms in total. The van der Waals surface area contributed by atoms with Gasteiger partial charge in [-0.25, -0.2) is 4.79 Å². The van der Waals surface area contributed by atoms with Crippen molar-refractivity contribution in [2.75, 3.05) is 13.2 Å². The predicted molar refractivity (Wildman–Crippen MR) is 62.7 cm³/mol. The molecule has 0 radical (unpaired) electrons. The van der Waals surface area contributed by atoms with Crippen LogP contribution in [0.25, 0.3) is 0 Å². The van der Waals surface area contributed by atoms with E-state index in [1.807, 2.05) is 0 Å². The van der Waals surface area contributed by atoms with Crippen molar-refractivity contribution in [3.05, 3.63) is 12.2 Å². The van der Waals surface area contributed by atoms with E-state index in [0.717, 1.165) is 0 Å². The third-order valence-electron chi connectivity index (χ3n) is 2.38. The minimum atomic E-state index is -0.275. The number of hydrogen-bond donors (Lipinski definition) is 1. The van der Waals surface area contributed by atoms with Gasteiger partial charge >= 0.3 is 5.97 Å². The first-order chi connectivity index (χ1) is 6.88. The van der Waals surface area contributed by atoms with Crippen LogP contribution in [0.3, 0.4) is 0 Å². The molecule has 0 fully saturated rings. The molecule has 3 heteroatoms. The summed E-state index contributed by atoms with van der Waals surface area (Å²) < 4.78 is 4.76. The van der Waals surface area contributed by atoms with Crippen LogP contribution in [0.5, 0.6) is 0 Å². The normalized spacial score (nSPS) is 14.2. The van der Waals surface area contributed by atoms with Crippen molar-refractivity contribution in [3.8, 4) is 0 Å². The van der Waals surface area contributed by atoms with E-state index in [9.17, 15) is 4.79 Å². The lowest BCUT2D eigenvalue weighted by atomic mass is 9.88. The van der Waals surface area contributed by atoms with Crippen molar-refractivity contribution in [2.24, 2.45) is 5.41 Å². The number of hydrogen-bond acceptors (Lipinski definition) is 3. The van der Waals surface area contributed by atoms with Crippen LogP contribution in [-0.2, 0) is 9.53 Å². The maximum Gasteiger partial charge on any atom is 0.330 e. The average Bonchev–Trinajstić information content (AvgIpc) is 2.11. The maximum atomic E-state index is 10.9. The summed E-state index contributed by atoms with van der Waals surface area (Å²) in [6, 6.07) is 0.407. The van der Waals surface area contributed by atoms with Gasteiger partial charge < -0.3 is 10.1 Å². The van der Waals surface area contributed by atoms with Gasteiger partial charge in [0.15, 0.2) is 0 Å². The molecule has 0 saturated heterocycles. The van der Waals surface area contributed by atoms with Crippen molar-refractivity contribution >= 4 is 5.97 Å². The maximum absolute atomic E-state index is 10.9. The molecule has 1 unspecified atom stereocenters. The Morgan fingerprint density at radius 2 is 2.07 bits per heavy atom. The van der Waals surface area contributed by atoms with Crippen molar-refractivity contribution in [3.63, 3.8) is 0 Å². The Kier molecular flexibility index (Phi) is 6.25. The van der Waals surface area contributed by atoms with E-state index in [4.69, 9.17) is 4.74 Å². The van der Waals surface area contributed by atoms with Gasteiger partial charge in [0.1, 0.15) is 0 Å². The zero-order valence-corrected chi connectivity index (χ0v) is 10.5. The van der Waals surface area contributed by atoms with E-state index in [0.29, 0.717) is 19.2 Å². The van der Waals surface area contributed by atoms with Gasteiger partial charge in [-0.05, 0) is 19.3 Å². The summed E-state index contributed by atoms with van der Waals surface area (Å²) in [5, 5.41) is 3.33. The van der Waals surface area contributed by atoms with Crippen LogP contribution < -0.4 is 5.32 Å². The summed E-state index contributed by atoms with van der Waals surface area (Å²) in [4.78, 5) is 10.9. The standard InChI is InChI=1S/C12H23NO2/c1-6-15-11(14)8-7-9-13-10(2)12(3,4)5/h7-8,10,13H,6,9H2,1-5H3/b8-7+. The second kappa shape index (κ2) is 6.62. The molecule has 0 bridgehead atoms. The van der Waals surface area contributed by atoms with E-state index in [1.165, 1.54) is 6.08 Å². The van der Waals surface area contributed by atoms with Gasteiger partial charge in [-0.1, -0.05) is 26.8 Å². The molecule has 0 amide bonds. The average molecular weight is 213 g/mol. The van der Waals surface area contributed by atoms with Crippen LogP contribution >= 0.6 is 0 Å². The van der Waals surface area contributed by atoms with Crippen LogP contribution in [0.1, 0.15) is 34.6 Å². The molecule has 0 aromatic rings. The molecule has 0 heterocycles. The lowest BCUT2D eigenvalue weighted by Crippen LogP contribution is -2.37. The Balaban J connectivity index is 3.75. The summed E-state index contributed by atoms with van der Waals surface area (Å²) >= 11 is 0. The van der Waals surface area contributed by atoms with Gasteiger partial charge in [0, 0.05) is 18.7 Å². The second-order valence-electron chi connectivity index (χ2n) is 4.65. The molecular weight excluding hydrogens is 190 g/mol. The number of carbonyl (C=O) groups is 1. The van der Waals surface area contributed by atoms with Crippen molar-refractivity contribution in [1.29, 1.82) is 0 Å². The summed E-state index contributed by atoms with van der Waals surface area (Å²) in [5.41, 5.74) is 0.234. The highest BCUT2D eigenvalue weighted by Gasteiger charge is 2.18. The van der Waals surface area contributed by atoms with Gasteiger partial charge in [-0.2, -0.15) is 0 Å². The Labute approximate surface area is 92.9 Å². The smallest absolute Gasteiger partial charge is 0.330 e. The second-order valence-corrected chi connectivity index (χ2v) is 4.65. The van der Waals surface area contributed by atoms with Gasteiger partial charge in [-0.3, -0.25) is 0 Å². The van der Waals surface area contributed by atoms with E-state index in [2.05, 4.69) is 33.0 Å². The van der Waals surface area contributed by atoms with Crippen LogP contribution in [-0.4, -0.2) is 25.2 Å². The number of esters is 1. The van der Waals surface area contributed by atoms with Crippen molar-refractivity contribution in [1.82, 2.24) is 5.32 Å². The van der Waals surface area contributed by atoms with E-state index in [-0.39, 0.29) is 11.4 Å². The molecule has 0 aliphatic heterocycles. The number of carbonyl (C=O) groups excluding carboxylic acids is 1. The highest BCUT2D eigenvalue weighted by molar-refractivity contribution is 5.81. The van der Waals surface area contributed by atoms with Crippen molar-refractivity contribution < 1.29 is 9.53 Å². The molecule has 0 aliphatic rings. The molecule has 1 atom stereocenters. The molecule has 0 saturated carbocycles. The lowest BCUT2D eigenvalue weighted by Gasteiger charge is -2.27. The minimum Gasteiger partial charge on any atom is -0.463 e. The Hall–Kier alpha value is -0.830. The van der Waals surface area contributed by atoms with E-state index >= 15 is 0 Å². The quantitative estimate of drug-likeness (QED) is 0.561. The summed E-state index contributed by atoms with van der Waals surface area (Å²) in [5.74, 6) is -0.275. The molecule has 0 aliphatic carbocycles. The fourth-order valence-corrected chi connectivity index (χ4v) is 0.897. The topological polar surface area (TPSA) is 38.3 Å². The van der Waals surface area contributed by atoms with Crippen molar-refractivity contribution in [2.45, 2.75) is 40.7 Å². The third-order valence-corrected chi connectivity index (χ3v) is 2.38. The highest BCUT2D eigenvalue weighted by atomic mass is 16.5. The predicted octanol–water partition coefficient (Wildman–Crippen LogP) is 2.13. The zero-order valence-electron chi connectivity index (χ0n) is 10.5. The van der Waals surface area contributed by atoms with E-state index < -0.39 is 0 Å². The summed E-state index contributed by atoms with van der Waals surface area (Å²) in [7, 11) is 0. The Morgan fingerprint density at radius 3 is 2.53 bits per heavy atom. The summed E-state index contributed by atoms with van der Waals surface area (Å²) in [6.45, 7) is 11.6. The van der Waals surface area contributed by atoms with Crippen LogP contribution in [0.15, 0.2) is 12.2 Å². The SMILES string of the molecule is CCOC(=O)/C=C/CNC(C)C(C)(C)C. The molecule has 0 aromatic carbocycles. The highest BCUT2D eigenvalue weighted by Crippen LogP contribution is 2.17.